The summed E-state index contributed by atoms with van der Waals surface area (Å²) in [6, 6.07) is 17.6. The molecule has 1 N–H and O–H groups in total. The van der Waals surface area contributed by atoms with Gasteiger partial charge in [0.2, 0.25) is 5.91 Å². The van der Waals surface area contributed by atoms with Crippen molar-refractivity contribution in [2.75, 3.05) is 12.4 Å². The molecule has 0 bridgehead atoms. The van der Waals surface area contributed by atoms with Crippen LogP contribution >= 0.6 is 0 Å². The summed E-state index contributed by atoms with van der Waals surface area (Å²) in [4.78, 5) is 12.4. The Morgan fingerprint density at radius 1 is 1.04 bits per heavy atom. The second-order valence-electron chi connectivity index (χ2n) is 5.69. The number of halogens is 1. The van der Waals surface area contributed by atoms with Gasteiger partial charge in [0, 0.05) is 5.69 Å². The highest BCUT2D eigenvalue weighted by molar-refractivity contribution is 5.96. The Kier molecular flexibility index (Phi) is 4.47. The molecule has 0 fully saturated rings. The van der Waals surface area contributed by atoms with Gasteiger partial charge in [-0.15, -0.1) is 0 Å². The van der Waals surface area contributed by atoms with Crippen molar-refractivity contribution in [3.63, 3.8) is 0 Å². The summed E-state index contributed by atoms with van der Waals surface area (Å²) in [6.07, 6.45) is 0. The number of carbonyl (C=O) groups excluding carboxylic acids is 1. The minimum Gasteiger partial charge on any atom is -0.497 e. The summed E-state index contributed by atoms with van der Waals surface area (Å²) in [5, 5.41) is 4.84. The molecule has 0 aliphatic rings. The van der Waals surface area contributed by atoms with Crippen LogP contribution in [0.4, 0.5) is 10.1 Å². The molecule has 4 heteroatoms. The molecule has 0 aromatic heterocycles. The number of rotatable bonds is 4. The number of benzene rings is 3. The number of methoxy groups -OCH3 is 1. The van der Waals surface area contributed by atoms with Crippen LogP contribution in [0.25, 0.3) is 10.8 Å². The highest BCUT2D eigenvalue weighted by Crippen LogP contribution is 2.26. The maximum absolute atomic E-state index is 13.2. The largest absolute Gasteiger partial charge is 0.497 e. The molecule has 0 spiro atoms. The average molecular weight is 323 g/mol. The minimum absolute atomic E-state index is 0.173. The van der Waals surface area contributed by atoms with Crippen LogP contribution in [0.2, 0.25) is 0 Å². The van der Waals surface area contributed by atoms with E-state index in [4.69, 9.17) is 4.74 Å². The SMILES string of the molecule is COc1ccc2cc([C@@H](C)C(=O)Nc3cccc(F)c3)ccc2c1. The van der Waals surface area contributed by atoms with Crippen LogP contribution in [0, 0.1) is 5.82 Å². The number of ether oxygens (including phenoxy) is 1. The van der Waals surface area contributed by atoms with E-state index in [2.05, 4.69) is 5.32 Å². The molecule has 3 aromatic carbocycles. The third-order valence-corrected chi connectivity index (χ3v) is 4.06. The van der Waals surface area contributed by atoms with Crippen LogP contribution in [-0.4, -0.2) is 13.0 Å². The lowest BCUT2D eigenvalue weighted by Gasteiger charge is -2.14. The van der Waals surface area contributed by atoms with Crippen molar-refractivity contribution in [1.82, 2.24) is 0 Å². The molecule has 24 heavy (non-hydrogen) atoms. The van der Waals surface area contributed by atoms with E-state index in [1.807, 2.05) is 43.3 Å². The van der Waals surface area contributed by atoms with Gasteiger partial charge < -0.3 is 10.1 Å². The van der Waals surface area contributed by atoms with Gasteiger partial charge in [0.25, 0.3) is 0 Å². The molecule has 122 valence electrons. The molecule has 0 saturated carbocycles. The van der Waals surface area contributed by atoms with Crippen molar-refractivity contribution >= 4 is 22.4 Å². The smallest absolute Gasteiger partial charge is 0.231 e. The summed E-state index contributed by atoms with van der Waals surface area (Å²) in [5.74, 6) is -0.0968. The molecule has 3 aromatic rings. The lowest BCUT2D eigenvalue weighted by molar-refractivity contribution is -0.117. The van der Waals surface area contributed by atoms with Crippen molar-refractivity contribution in [1.29, 1.82) is 0 Å². The van der Waals surface area contributed by atoms with Crippen molar-refractivity contribution < 1.29 is 13.9 Å². The quantitative estimate of drug-likeness (QED) is 0.754. The third-order valence-electron chi connectivity index (χ3n) is 4.06. The summed E-state index contributed by atoms with van der Waals surface area (Å²) in [5.41, 5.74) is 1.36. The van der Waals surface area contributed by atoms with Gasteiger partial charge in [-0.05, 0) is 53.6 Å². The summed E-state index contributed by atoms with van der Waals surface area (Å²) in [6.45, 7) is 1.83. The fourth-order valence-corrected chi connectivity index (χ4v) is 2.61. The van der Waals surface area contributed by atoms with E-state index in [9.17, 15) is 9.18 Å². The molecular weight excluding hydrogens is 305 g/mol. The van der Waals surface area contributed by atoms with Gasteiger partial charge >= 0.3 is 0 Å². The Morgan fingerprint density at radius 3 is 2.54 bits per heavy atom. The van der Waals surface area contributed by atoms with Crippen LogP contribution in [0.15, 0.2) is 60.7 Å². The van der Waals surface area contributed by atoms with Crippen LogP contribution in [0.3, 0.4) is 0 Å². The summed E-state index contributed by atoms with van der Waals surface area (Å²) in [7, 11) is 1.63. The number of hydrogen-bond donors (Lipinski definition) is 1. The topological polar surface area (TPSA) is 38.3 Å². The number of amides is 1. The lowest BCUT2D eigenvalue weighted by Crippen LogP contribution is -2.18. The standard InChI is InChI=1S/C20H18FNO2/c1-13(20(23)22-18-5-3-4-17(21)12-18)14-6-7-16-11-19(24-2)9-8-15(16)10-14/h3-13H,1-2H3,(H,22,23)/t13-/m1/s1. The highest BCUT2D eigenvalue weighted by atomic mass is 19.1. The molecule has 0 saturated heterocycles. The molecule has 0 unspecified atom stereocenters. The number of nitrogens with one attached hydrogen (secondary N) is 1. The summed E-state index contributed by atoms with van der Waals surface area (Å²) < 4.78 is 18.4. The first-order chi connectivity index (χ1) is 11.6. The van der Waals surface area contributed by atoms with Crippen LogP contribution in [-0.2, 0) is 4.79 Å². The van der Waals surface area contributed by atoms with E-state index < -0.39 is 0 Å². The monoisotopic (exact) mass is 323 g/mol. The molecule has 1 atom stereocenters. The second-order valence-corrected chi connectivity index (χ2v) is 5.69. The summed E-state index contributed by atoms with van der Waals surface area (Å²) >= 11 is 0. The van der Waals surface area contributed by atoms with Crippen LogP contribution < -0.4 is 10.1 Å². The fourth-order valence-electron chi connectivity index (χ4n) is 2.61. The maximum Gasteiger partial charge on any atom is 0.231 e. The molecular formula is C20H18FNO2. The first kappa shape index (κ1) is 16.0. The highest BCUT2D eigenvalue weighted by Gasteiger charge is 2.16. The van der Waals surface area contributed by atoms with E-state index in [0.29, 0.717) is 5.69 Å². The Morgan fingerprint density at radius 2 is 1.79 bits per heavy atom. The Bertz CT molecular complexity index is 892. The molecule has 3 rings (SSSR count). The predicted molar refractivity (Wildman–Crippen MR) is 93.9 cm³/mol. The van der Waals surface area contributed by atoms with Crippen molar-refractivity contribution in [2.45, 2.75) is 12.8 Å². The minimum atomic E-state index is -0.375. The van der Waals surface area contributed by atoms with Gasteiger partial charge in [-0.25, -0.2) is 4.39 Å². The van der Waals surface area contributed by atoms with Crippen molar-refractivity contribution in [3.05, 3.63) is 72.0 Å². The van der Waals surface area contributed by atoms with Gasteiger partial charge in [-0.3, -0.25) is 4.79 Å². The Balaban J connectivity index is 1.82. The first-order valence-corrected chi connectivity index (χ1v) is 7.71. The van der Waals surface area contributed by atoms with E-state index in [-0.39, 0.29) is 17.6 Å². The second kappa shape index (κ2) is 6.71. The Hall–Kier alpha value is -2.88. The molecule has 0 radical (unpaired) electrons. The Labute approximate surface area is 140 Å². The van der Waals surface area contributed by atoms with Gasteiger partial charge in [0.05, 0.1) is 13.0 Å². The average Bonchev–Trinajstić information content (AvgIpc) is 2.60. The lowest BCUT2D eigenvalue weighted by atomic mass is 9.97. The van der Waals surface area contributed by atoms with E-state index in [1.54, 1.807) is 19.2 Å². The zero-order chi connectivity index (χ0) is 17.1. The molecule has 0 aliphatic heterocycles. The van der Waals surface area contributed by atoms with Gasteiger partial charge in [0.1, 0.15) is 11.6 Å². The van der Waals surface area contributed by atoms with Gasteiger partial charge in [0.15, 0.2) is 0 Å². The van der Waals surface area contributed by atoms with E-state index in [0.717, 1.165) is 22.1 Å². The van der Waals surface area contributed by atoms with Gasteiger partial charge in [-0.2, -0.15) is 0 Å². The number of hydrogen-bond acceptors (Lipinski definition) is 2. The van der Waals surface area contributed by atoms with Crippen LogP contribution in [0.5, 0.6) is 5.75 Å². The van der Waals surface area contributed by atoms with Gasteiger partial charge in [-0.1, -0.05) is 30.3 Å². The van der Waals surface area contributed by atoms with Crippen molar-refractivity contribution in [2.24, 2.45) is 0 Å². The zero-order valence-electron chi connectivity index (χ0n) is 13.5. The molecule has 0 heterocycles. The number of anilines is 1. The fraction of sp³-hybridized carbons (Fsp3) is 0.150. The van der Waals surface area contributed by atoms with Crippen LogP contribution in [0.1, 0.15) is 18.4 Å². The van der Waals surface area contributed by atoms with Crippen molar-refractivity contribution in [3.8, 4) is 5.75 Å². The zero-order valence-corrected chi connectivity index (χ0v) is 13.5. The van der Waals surface area contributed by atoms with E-state index >= 15 is 0 Å². The molecule has 3 nitrogen and oxygen atoms in total. The maximum atomic E-state index is 13.2. The third kappa shape index (κ3) is 3.38. The predicted octanol–water partition coefficient (Wildman–Crippen LogP) is 4.73. The molecule has 0 aliphatic carbocycles. The first-order valence-electron chi connectivity index (χ1n) is 7.71. The molecule has 1 amide bonds. The number of fused-ring (bicyclic) bond motifs is 1. The number of carbonyl (C=O) groups is 1. The van der Waals surface area contributed by atoms with E-state index in [1.165, 1.54) is 12.1 Å². The normalized spacial score (nSPS) is 12.0.